The first-order valence-corrected chi connectivity index (χ1v) is 14.3. The summed E-state index contributed by atoms with van der Waals surface area (Å²) in [4.78, 5) is 25.1. The summed E-state index contributed by atoms with van der Waals surface area (Å²) in [5.41, 5.74) is -0.0481. The third-order valence-electron chi connectivity index (χ3n) is 14.1. The molecule has 196 valence electrons. The number of aliphatic carboxylic acids is 1. The first-order chi connectivity index (χ1) is 16.3. The van der Waals surface area contributed by atoms with E-state index in [-0.39, 0.29) is 45.3 Å². The van der Waals surface area contributed by atoms with Crippen molar-refractivity contribution in [2.45, 2.75) is 112 Å². The van der Waals surface area contributed by atoms with Crippen LogP contribution in [0.15, 0.2) is 0 Å². The Balaban J connectivity index is 1.40. The number of carboxylic acids is 1. The topological polar surface area (TPSA) is 72.8 Å². The van der Waals surface area contributed by atoms with Gasteiger partial charge in [0.15, 0.2) is 0 Å². The van der Waals surface area contributed by atoms with Gasteiger partial charge in [0.2, 0.25) is 6.29 Å². The summed E-state index contributed by atoms with van der Waals surface area (Å²) in [7, 11) is 0. The van der Waals surface area contributed by atoms with Crippen molar-refractivity contribution in [2.24, 2.45) is 56.2 Å². The van der Waals surface area contributed by atoms with Crippen LogP contribution in [-0.2, 0) is 19.1 Å². The van der Waals surface area contributed by atoms with E-state index >= 15 is 0 Å². The van der Waals surface area contributed by atoms with Gasteiger partial charge in [-0.1, -0.05) is 34.6 Å². The molecule has 1 spiro atoms. The largest absolute Gasteiger partial charge is 0.481 e. The molecule has 5 heteroatoms. The first kappa shape index (κ1) is 24.2. The Labute approximate surface area is 211 Å². The van der Waals surface area contributed by atoms with Crippen molar-refractivity contribution in [1.82, 2.24) is 0 Å². The molecule has 4 aliphatic carbocycles. The van der Waals surface area contributed by atoms with E-state index in [2.05, 4.69) is 34.6 Å². The quantitative estimate of drug-likeness (QED) is 0.432. The molecule has 0 aromatic heterocycles. The fourth-order valence-electron chi connectivity index (χ4n) is 11.6. The maximum absolute atomic E-state index is 12.8. The van der Waals surface area contributed by atoms with Crippen molar-refractivity contribution in [3.05, 3.63) is 0 Å². The normalized spacial score (nSPS) is 59.3. The van der Waals surface area contributed by atoms with E-state index in [1.807, 2.05) is 6.92 Å². The molecule has 35 heavy (non-hydrogen) atoms. The molecule has 2 saturated heterocycles. The summed E-state index contributed by atoms with van der Waals surface area (Å²) in [5, 5.41) is 10.2. The minimum absolute atomic E-state index is 0.0700. The summed E-state index contributed by atoms with van der Waals surface area (Å²) < 4.78 is 11.9. The lowest BCUT2D eigenvalue weighted by molar-refractivity contribution is -0.294. The number of hydrogen-bond acceptors (Lipinski definition) is 4. The molecular formula is C30H46O5. The van der Waals surface area contributed by atoms with Gasteiger partial charge in [0.25, 0.3) is 0 Å². The Morgan fingerprint density at radius 3 is 2.23 bits per heavy atom. The maximum atomic E-state index is 12.8. The van der Waals surface area contributed by atoms with Gasteiger partial charge in [0.05, 0.1) is 17.9 Å². The third kappa shape index (κ3) is 2.70. The number of rotatable bonds is 1. The van der Waals surface area contributed by atoms with E-state index < -0.39 is 11.4 Å². The van der Waals surface area contributed by atoms with Crippen LogP contribution in [0.4, 0.5) is 0 Å². The van der Waals surface area contributed by atoms with Crippen LogP contribution in [0.25, 0.3) is 0 Å². The van der Waals surface area contributed by atoms with Crippen LogP contribution in [-0.4, -0.2) is 29.9 Å². The molecule has 0 amide bonds. The Morgan fingerprint density at radius 1 is 0.857 bits per heavy atom. The van der Waals surface area contributed by atoms with Gasteiger partial charge in [0, 0.05) is 5.41 Å². The zero-order chi connectivity index (χ0) is 25.2. The van der Waals surface area contributed by atoms with Gasteiger partial charge in [-0.25, -0.2) is 0 Å². The maximum Gasteiger partial charge on any atom is 0.311 e. The monoisotopic (exact) mass is 486 g/mol. The highest BCUT2D eigenvalue weighted by molar-refractivity contribution is 5.76. The summed E-state index contributed by atoms with van der Waals surface area (Å²) in [6.07, 6.45) is 10.2. The van der Waals surface area contributed by atoms with Crippen LogP contribution in [0.1, 0.15) is 106 Å². The molecule has 1 N–H and O–H groups in total. The smallest absolute Gasteiger partial charge is 0.311 e. The van der Waals surface area contributed by atoms with Crippen molar-refractivity contribution in [3.63, 3.8) is 0 Å². The molecular weight excluding hydrogens is 440 g/mol. The van der Waals surface area contributed by atoms with E-state index in [0.717, 1.165) is 44.9 Å². The fraction of sp³-hybridized carbons (Fsp3) is 0.933. The van der Waals surface area contributed by atoms with Gasteiger partial charge >= 0.3 is 11.9 Å². The van der Waals surface area contributed by atoms with E-state index in [4.69, 9.17) is 9.47 Å². The molecule has 6 rings (SSSR count). The molecule has 0 bridgehead atoms. The van der Waals surface area contributed by atoms with Gasteiger partial charge in [-0.05, 0) is 111 Å². The standard InChI is InChI=1S/C30H46O5/c1-18-22(31)35-24-30(18)9-7-19-27(4,20(30)8-16-34-24)13-15-29(6)21-17-26(3,23(32)33)11-10-25(21,2)12-14-28(19,29)5/h18-21,24H,7-17H2,1-6H3,(H,32,33)/t18-,19-,20-,21+,24-,25+,26+,27+,28+,29-,30-/m0/s1. The van der Waals surface area contributed by atoms with Crippen molar-refractivity contribution in [3.8, 4) is 0 Å². The second-order valence-corrected chi connectivity index (χ2v) is 15.0. The number of carbonyl (C=O) groups excluding carboxylic acids is 1. The van der Waals surface area contributed by atoms with Crippen LogP contribution in [0, 0.1) is 56.2 Å². The van der Waals surface area contributed by atoms with Crippen LogP contribution in [0.5, 0.6) is 0 Å². The number of carboxylic acid groups (broad SMARTS) is 1. The molecule has 4 saturated carbocycles. The lowest BCUT2D eigenvalue weighted by Crippen LogP contribution is -2.69. The van der Waals surface area contributed by atoms with Crippen molar-refractivity contribution < 1.29 is 24.2 Å². The summed E-state index contributed by atoms with van der Waals surface area (Å²) in [6.45, 7) is 14.9. The Morgan fingerprint density at radius 2 is 1.51 bits per heavy atom. The number of carbonyl (C=O) groups is 2. The zero-order valence-electron chi connectivity index (χ0n) is 22.7. The molecule has 11 atom stereocenters. The highest BCUT2D eigenvalue weighted by Crippen LogP contribution is 2.79. The van der Waals surface area contributed by atoms with Gasteiger partial charge in [-0.15, -0.1) is 0 Å². The lowest BCUT2D eigenvalue weighted by Gasteiger charge is -2.74. The van der Waals surface area contributed by atoms with E-state index in [1.165, 1.54) is 19.3 Å². The van der Waals surface area contributed by atoms with Crippen LogP contribution < -0.4 is 0 Å². The summed E-state index contributed by atoms with van der Waals surface area (Å²) >= 11 is 0. The molecule has 0 unspecified atom stereocenters. The zero-order valence-corrected chi connectivity index (χ0v) is 22.7. The third-order valence-corrected chi connectivity index (χ3v) is 14.1. The Kier molecular flexibility index (Phi) is 4.89. The van der Waals surface area contributed by atoms with Crippen molar-refractivity contribution >= 4 is 11.9 Å². The minimum atomic E-state index is -0.608. The number of fused-ring (bicyclic) bond motifs is 6. The number of hydrogen-bond donors (Lipinski definition) is 1. The van der Waals surface area contributed by atoms with Crippen LogP contribution in [0.2, 0.25) is 0 Å². The van der Waals surface area contributed by atoms with Crippen LogP contribution in [0.3, 0.4) is 0 Å². The molecule has 0 aromatic carbocycles. The molecule has 5 nitrogen and oxygen atoms in total. The summed E-state index contributed by atoms with van der Waals surface area (Å²) in [5.74, 6) is 0.707. The predicted octanol–water partition coefficient (Wildman–Crippen LogP) is 6.44. The van der Waals surface area contributed by atoms with Crippen molar-refractivity contribution in [1.29, 1.82) is 0 Å². The lowest BCUT2D eigenvalue weighted by atomic mass is 9.30. The van der Waals surface area contributed by atoms with Crippen molar-refractivity contribution in [2.75, 3.05) is 6.61 Å². The molecule has 6 fully saturated rings. The number of ether oxygens (including phenoxy) is 2. The second-order valence-electron chi connectivity index (χ2n) is 15.0. The van der Waals surface area contributed by atoms with Crippen LogP contribution >= 0.6 is 0 Å². The Bertz CT molecular complexity index is 962. The van der Waals surface area contributed by atoms with Gasteiger partial charge in [0.1, 0.15) is 0 Å². The molecule has 0 radical (unpaired) electrons. The van der Waals surface area contributed by atoms with E-state index in [1.54, 1.807) is 0 Å². The van der Waals surface area contributed by atoms with Gasteiger partial charge < -0.3 is 14.6 Å². The molecule has 2 aliphatic heterocycles. The fourth-order valence-corrected chi connectivity index (χ4v) is 11.6. The molecule has 2 heterocycles. The highest BCUT2D eigenvalue weighted by Gasteiger charge is 2.74. The SMILES string of the molecule is C[C@H]1C(=O)O[C@@H]2OCC[C@H]3[C@]4(C)CC[C@@]5(C)[C@@H]6C[C@](C)(C(=O)O)CC[C@]6(C)CC[C@]5(C)[C@H]4CC[C@]213. The highest BCUT2D eigenvalue weighted by atomic mass is 16.7. The second kappa shape index (κ2) is 7.05. The van der Waals surface area contributed by atoms with E-state index in [0.29, 0.717) is 24.4 Å². The summed E-state index contributed by atoms with van der Waals surface area (Å²) in [6, 6.07) is 0. The Hall–Kier alpha value is -1.10. The average molecular weight is 487 g/mol. The number of esters is 1. The van der Waals surface area contributed by atoms with Gasteiger partial charge in [-0.3, -0.25) is 9.59 Å². The van der Waals surface area contributed by atoms with Gasteiger partial charge in [-0.2, -0.15) is 0 Å². The van der Waals surface area contributed by atoms with E-state index in [9.17, 15) is 14.7 Å². The predicted molar refractivity (Wildman–Crippen MR) is 132 cm³/mol. The molecule has 6 aliphatic rings. The first-order valence-electron chi connectivity index (χ1n) is 14.3. The molecule has 0 aromatic rings. The minimum Gasteiger partial charge on any atom is -0.481 e. The average Bonchev–Trinajstić information content (AvgIpc) is 3.06.